The van der Waals surface area contributed by atoms with Crippen molar-refractivity contribution in [2.75, 3.05) is 0 Å². The minimum Gasteiger partial charge on any atom is -0.348 e. The molecule has 4 nitrogen and oxygen atoms in total. The van der Waals surface area contributed by atoms with Crippen LogP contribution in [0.5, 0.6) is 0 Å². The van der Waals surface area contributed by atoms with E-state index in [2.05, 4.69) is 28.8 Å². The maximum atomic E-state index is 12.4. The van der Waals surface area contributed by atoms with Gasteiger partial charge in [-0.25, -0.2) is 0 Å². The first kappa shape index (κ1) is 17.2. The van der Waals surface area contributed by atoms with Crippen LogP contribution < -0.4 is 10.6 Å². The van der Waals surface area contributed by atoms with Gasteiger partial charge in [0.1, 0.15) is 6.04 Å². The van der Waals surface area contributed by atoms with Gasteiger partial charge >= 0.3 is 0 Å². The van der Waals surface area contributed by atoms with Crippen molar-refractivity contribution < 1.29 is 9.59 Å². The van der Waals surface area contributed by atoms with Gasteiger partial charge in [0.15, 0.2) is 0 Å². The first-order valence-electron chi connectivity index (χ1n) is 7.37. The molecule has 2 amide bonds. The van der Waals surface area contributed by atoms with Crippen LogP contribution in [0.3, 0.4) is 0 Å². The molecule has 0 fully saturated rings. The third kappa shape index (κ3) is 4.88. The highest BCUT2D eigenvalue weighted by atomic mass is 16.2. The number of nitrogens with one attached hydrogen (secondary N) is 2. The van der Waals surface area contributed by atoms with Gasteiger partial charge in [0.05, 0.1) is 6.04 Å². The summed E-state index contributed by atoms with van der Waals surface area (Å²) >= 11 is 0. The molecule has 116 valence electrons. The highest BCUT2D eigenvalue weighted by Gasteiger charge is 2.24. The molecule has 1 aromatic carbocycles. The average molecular weight is 290 g/mol. The summed E-state index contributed by atoms with van der Waals surface area (Å²) < 4.78 is 0. The Balaban J connectivity index is 2.85. The number of amides is 2. The van der Waals surface area contributed by atoms with Crippen LogP contribution in [0, 0.1) is 19.8 Å². The van der Waals surface area contributed by atoms with E-state index in [1.807, 2.05) is 34.6 Å². The van der Waals surface area contributed by atoms with Gasteiger partial charge in [-0.1, -0.05) is 37.6 Å². The summed E-state index contributed by atoms with van der Waals surface area (Å²) in [5.41, 5.74) is 3.42. The third-order valence-electron chi connectivity index (χ3n) is 3.57. The number of benzene rings is 1. The smallest absolute Gasteiger partial charge is 0.243 e. The van der Waals surface area contributed by atoms with Crippen LogP contribution in [-0.4, -0.2) is 17.9 Å². The van der Waals surface area contributed by atoms with E-state index < -0.39 is 6.04 Å². The lowest BCUT2D eigenvalue weighted by Gasteiger charge is -2.24. The Bertz CT molecular complexity index is 524. The van der Waals surface area contributed by atoms with E-state index in [-0.39, 0.29) is 23.8 Å². The molecule has 0 bridgehead atoms. The first-order valence-corrected chi connectivity index (χ1v) is 7.37. The Labute approximate surface area is 127 Å². The molecule has 21 heavy (non-hydrogen) atoms. The number of carbonyl (C=O) groups is 2. The minimum atomic E-state index is -0.505. The number of aryl methyl sites for hydroxylation is 2. The Morgan fingerprint density at radius 2 is 1.67 bits per heavy atom. The molecular weight excluding hydrogens is 264 g/mol. The standard InChI is InChI=1S/C17H26N2O2/c1-10(2)16(19-14(6)20)17(21)18-13(5)15-9-11(3)7-8-12(15)4/h7-10,13,16H,1-6H3,(H,18,21)(H,19,20). The molecule has 1 aromatic rings. The van der Waals surface area contributed by atoms with E-state index in [4.69, 9.17) is 0 Å². The molecule has 2 unspecified atom stereocenters. The zero-order valence-corrected chi connectivity index (χ0v) is 13.8. The van der Waals surface area contributed by atoms with E-state index >= 15 is 0 Å². The molecule has 0 radical (unpaired) electrons. The number of rotatable bonds is 5. The van der Waals surface area contributed by atoms with Gasteiger partial charge < -0.3 is 10.6 Å². The molecule has 0 aliphatic heterocycles. The predicted molar refractivity (Wildman–Crippen MR) is 84.9 cm³/mol. The lowest BCUT2D eigenvalue weighted by Crippen LogP contribution is -2.49. The maximum absolute atomic E-state index is 12.4. The zero-order valence-electron chi connectivity index (χ0n) is 13.8. The lowest BCUT2D eigenvalue weighted by atomic mass is 9.98. The Kier molecular flexibility index (Phi) is 5.94. The van der Waals surface area contributed by atoms with Gasteiger partial charge in [0.2, 0.25) is 11.8 Å². The average Bonchev–Trinajstić information content (AvgIpc) is 2.37. The Morgan fingerprint density at radius 3 is 2.19 bits per heavy atom. The highest BCUT2D eigenvalue weighted by molar-refractivity contribution is 5.87. The second-order valence-corrected chi connectivity index (χ2v) is 6.01. The van der Waals surface area contributed by atoms with Gasteiger partial charge in [0.25, 0.3) is 0 Å². The molecule has 2 N–H and O–H groups in total. The monoisotopic (exact) mass is 290 g/mol. The highest BCUT2D eigenvalue weighted by Crippen LogP contribution is 2.19. The fourth-order valence-corrected chi connectivity index (χ4v) is 2.36. The lowest BCUT2D eigenvalue weighted by molar-refractivity contribution is -0.129. The minimum absolute atomic E-state index is 0.0414. The van der Waals surface area contributed by atoms with Crippen LogP contribution in [-0.2, 0) is 9.59 Å². The first-order chi connectivity index (χ1) is 9.72. The van der Waals surface area contributed by atoms with Crippen LogP contribution >= 0.6 is 0 Å². The number of carbonyl (C=O) groups excluding carboxylic acids is 2. The van der Waals surface area contributed by atoms with Crippen molar-refractivity contribution in [2.45, 2.75) is 53.6 Å². The van der Waals surface area contributed by atoms with E-state index in [1.165, 1.54) is 12.5 Å². The molecule has 2 atom stereocenters. The molecule has 0 heterocycles. The second kappa shape index (κ2) is 7.25. The number of hydrogen-bond donors (Lipinski definition) is 2. The normalized spacial score (nSPS) is 13.7. The van der Waals surface area contributed by atoms with Crippen molar-refractivity contribution in [3.63, 3.8) is 0 Å². The van der Waals surface area contributed by atoms with Gasteiger partial charge in [-0.3, -0.25) is 9.59 Å². The van der Waals surface area contributed by atoms with Crippen molar-refractivity contribution in [1.82, 2.24) is 10.6 Å². The Hall–Kier alpha value is -1.84. The van der Waals surface area contributed by atoms with Gasteiger partial charge in [0, 0.05) is 6.92 Å². The second-order valence-electron chi connectivity index (χ2n) is 6.01. The van der Waals surface area contributed by atoms with Gasteiger partial charge in [-0.15, -0.1) is 0 Å². The molecule has 0 saturated heterocycles. The number of hydrogen-bond acceptors (Lipinski definition) is 2. The maximum Gasteiger partial charge on any atom is 0.243 e. The van der Waals surface area contributed by atoms with Crippen molar-refractivity contribution in [1.29, 1.82) is 0 Å². The fraction of sp³-hybridized carbons (Fsp3) is 0.529. The van der Waals surface area contributed by atoms with E-state index in [0.717, 1.165) is 11.1 Å². The molecule has 0 saturated carbocycles. The molecule has 0 aromatic heterocycles. The Morgan fingerprint density at radius 1 is 1.05 bits per heavy atom. The zero-order chi connectivity index (χ0) is 16.2. The molecule has 0 aliphatic rings. The van der Waals surface area contributed by atoms with Crippen molar-refractivity contribution in [3.8, 4) is 0 Å². The summed E-state index contributed by atoms with van der Waals surface area (Å²) in [6, 6.07) is 5.61. The van der Waals surface area contributed by atoms with E-state index in [0.29, 0.717) is 0 Å². The molecule has 4 heteroatoms. The quantitative estimate of drug-likeness (QED) is 0.876. The molecule has 1 rings (SSSR count). The van der Waals surface area contributed by atoms with Crippen molar-refractivity contribution >= 4 is 11.8 Å². The summed E-state index contributed by atoms with van der Waals surface area (Å²) in [6.07, 6.45) is 0. The third-order valence-corrected chi connectivity index (χ3v) is 3.57. The van der Waals surface area contributed by atoms with Crippen LogP contribution in [0.2, 0.25) is 0 Å². The van der Waals surface area contributed by atoms with Crippen LogP contribution in [0.15, 0.2) is 18.2 Å². The predicted octanol–water partition coefficient (Wildman–Crippen LogP) is 2.64. The summed E-state index contributed by atoms with van der Waals surface area (Å²) in [5.74, 6) is -0.295. The molecule has 0 aliphatic carbocycles. The van der Waals surface area contributed by atoms with Crippen LogP contribution in [0.4, 0.5) is 0 Å². The SMILES string of the molecule is CC(=O)NC(C(=O)NC(C)c1cc(C)ccc1C)C(C)C. The topological polar surface area (TPSA) is 58.2 Å². The van der Waals surface area contributed by atoms with Gasteiger partial charge in [-0.2, -0.15) is 0 Å². The van der Waals surface area contributed by atoms with Gasteiger partial charge in [-0.05, 0) is 37.8 Å². The van der Waals surface area contributed by atoms with Crippen LogP contribution in [0.25, 0.3) is 0 Å². The summed E-state index contributed by atoms with van der Waals surface area (Å²) in [5, 5.41) is 5.71. The van der Waals surface area contributed by atoms with Crippen molar-refractivity contribution in [3.05, 3.63) is 34.9 Å². The van der Waals surface area contributed by atoms with Crippen LogP contribution in [0.1, 0.15) is 50.4 Å². The molecular formula is C17H26N2O2. The van der Waals surface area contributed by atoms with E-state index in [1.54, 1.807) is 0 Å². The molecule has 0 spiro atoms. The van der Waals surface area contributed by atoms with Crippen molar-refractivity contribution in [2.24, 2.45) is 5.92 Å². The van der Waals surface area contributed by atoms with E-state index in [9.17, 15) is 9.59 Å². The summed E-state index contributed by atoms with van der Waals surface area (Å²) in [7, 11) is 0. The summed E-state index contributed by atoms with van der Waals surface area (Å²) in [6.45, 7) is 11.3. The summed E-state index contributed by atoms with van der Waals surface area (Å²) in [4.78, 5) is 23.6. The fourth-order valence-electron chi connectivity index (χ4n) is 2.36. The largest absolute Gasteiger partial charge is 0.348 e.